The van der Waals surface area contributed by atoms with E-state index >= 15 is 0 Å². The van der Waals surface area contributed by atoms with Gasteiger partial charge in [-0.1, -0.05) is 0 Å². The summed E-state index contributed by atoms with van der Waals surface area (Å²) in [5.41, 5.74) is 0. The quantitative estimate of drug-likeness (QED) is 0.287. The number of rotatable bonds is 0. The van der Waals surface area contributed by atoms with Crippen LogP contribution >= 0.6 is 0 Å². The largest absolute Gasteiger partial charge is 0.412 e. The molecule has 3 radical (unpaired) electrons. The summed E-state index contributed by atoms with van der Waals surface area (Å²) in [6, 6.07) is 0. The third-order valence-electron chi connectivity index (χ3n) is 0. The minimum absolute atomic E-state index is 0. The van der Waals surface area contributed by atoms with Gasteiger partial charge in [-0.05, 0) is 0 Å². The number of hydrogen-bond donors (Lipinski definition) is 0. The highest BCUT2D eigenvalue weighted by molar-refractivity contribution is 5.75. The fraction of sp³-hybridized carbons (Fsp3) is 0. The van der Waals surface area contributed by atoms with Gasteiger partial charge in [0.1, 0.15) is 0 Å². The minimum Gasteiger partial charge on any atom is -0.412 e. The topological polar surface area (TPSA) is 189 Å². The molecule has 0 aliphatic rings. The van der Waals surface area contributed by atoms with E-state index in [1.54, 1.807) is 0 Å². The van der Waals surface area contributed by atoms with Gasteiger partial charge in [-0.25, -0.2) is 0 Å². The average molecular weight is 135 g/mol. The number of hydrogen-bond acceptors (Lipinski definition) is 0. The summed E-state index contributed by atoms with van der Waals surface area (Å²) < 4.78 is 0. The standard InChI is InChI=1S/Al.6H2O/h;6*1H2. The van der Waals surface area contributed by atoms with Crippen molar-refractivity contribution < 1.29 is 32.9 Å². The highest BCUT2D eigenvalue weighted by Crippen LogP contribution is -0.284. The maximum absolute atomic E-state index is 0. The summed E-state index contributed by atoms with van der Waals surface area (Å²) in [5.74, 6) is 0. The third-order valence-corrected chi connectivity index (χ3v) is 0. The van der Waals surface area contributed by atoms with Crippen molar-refractivity contribution in [3.63, 3.8) is 0 Å². The van der Waals surface area contributed by atoms with Crippen LogP contribution in [0.15, 0.2) is 0 Å². The zero-order valence-electron chi connectivity index (χ0n) is 3.58. The van der Waals surface area contributed by atoms with Crippen molar-refractivity contribution in [1.29, 1.82) is 0 Å². The van der Waals surface area contributed by atoms with Crippen LogP contribution in [0.25, 0.3) is 0 Å². The molecule has 0 fully saturated rings. The van der Waals surface area contributed by atoms with Gasteiger partial charge in [0.15, 0.2) is 0 Å². The predicted molar refractivity (Wildman–Crippen MR) is 27.4 cm³/mol. The van der Waals surface area contributed by atoms with Crippen LogP contribution in [0.2, 0.25) is 0 Å². The van der Waals surface area contributed by atoms with Gasteiger partial charge in [0.2, 0.25) is 0 Å². The minimum atomic E-state index is 0. The molecule has 0 atom stereocenters. The maximum Gasteiger partial charge on any atom is 0 e. The van der Waals surface area contributed by atoms with Crippen molar-refractivity contribution in [3.8, 4) is 0 Å². The first-order valence-electron chi connectivity index (χ1n) is 0. The first-order chi connectivity index (χ1) is 0. The fourth-order valence-corrected chi connectivity index (χ4v) is 0. The van der Waals surface area contributed by atoms with E-state index in [2.05, 4.69) is 0 Å². The Kier molecular flexibility index (Phi) is 994000. The van der Waals surface area contributed by atoms with E-state index in [9.17, 15) is 0 Å². The highest BCUT2D eigenvalue weighted by atomic mass is 27.0. The summed E-state index contributed by atoms with van der Waals surface area (Å²) in [4.78, 5) is 0. The van der Waals surface area contributed by atoms with Crippen LogP contribution < -0.4 is 0 Å². The first-order valence-corrected chi connectivity index (χ1v) is 0. The summed E-state index contributed by atoms with van der Waals surface area (Å²) in [6.07, 6.45) is 0. The molecule has 0 unspecified atom stereocenters. The molecular formula is H12AlO6. The molecule has 51 valence electrons. The molecule has 7 heavy (non-hydrogen) atoms. The van der Waals surface area contributed by atoms with Crippen LogP contribution in [-0.2, 0) is 0 Å². The second-order valence-electron chi connectivity index (χ2n) is 0. The fourth-order valence-electron chi connectivity index (χ4n) is 0. The van der Waals surface area contributed by atoms with Crippen molar-refractivity contribution in [2.24, 2.45) is 0 Å². The molecule has 0 aliphatic heterocycles. The van der Waals surface area contributed by atoms with E-state index in [0.29, 0.717) is 0 Å². The van der Waals surface area contributed by atoms with Gasteiger partial charge in [-0.3, -0.25) is 0 Å². The average Bonchev–Trinajstić information content (AvgIpc) is 0. The normalized spacial score (nSPS) is 0. The van der Waals surface area contributed by atoms with Crippen molar-refractivity contribution in [2.75, 3.05) is 0 Å². The molecular weight excluding hydrogens is 123 g/mol. The molecule has 0 amide bonds. The molecule has 7 heteroatoms. The van der Waals surface area contributed by atoms with Crippen molar-refractivity contribution >= 4 is 17.4 Å². The van der Waals surface area contributed by atoms with Crippen LogP contribution in [0, 0.1) is 0 Å². The van der Waals surface area contributed by atoms with Crippen LogP contribution in [0.4, 0.5) is 0 Å². The monoisotopic (exact) mass is 135 g/mol. The van der Waals surface area contributed by atoms with Gasteiger partial charge in [-0.2, -0.15) is 0 Å². The van der Waals surface area contributed by atoms with E-state index in [0.717, 1.165) is 0 Å². The van der Waals surface area contributed by atoms with Crippen molar-refractivity contribution in [2.45, 2.75) is 0 Å². The first kappa shape index (κ1) is 3380. The van der Waals surface area contributed by atoms with E-state index in [1.165, 1.54) is 0 Å². The summed E-state index contributed by atoms with van der Waals surface area (Å²) in [6.45, 7) is 0. The Hall–Kier alpha value is 0.292. The van der Waals surface area contributed by atoms with Gasteiger partial charge >= 0.3 is 0 Å². The Morgan fingerprint density at radius 1 is 0.286 bits per heavy atom. The zero-order valence-corrected chi connectivity index (χ0v) is 4.73. The molecule has 6 nitrogen and oxygen atoms in total. The van der Waals surface area contributed by atoms with E-state index in [-0.39, 0.29) is 50.2 Å². The summed E-state index contributed by atoms with van der Waals surface area (Å²) in [7, 11) is 0. The van der Waals surface area contributed by atoms with Gasteiger partial charge in [0.25, 0.3) is 0 Å². The summed E-state index contributed by atoms with van der Waals surface area (Å²) >= 11 is 0. The Morgan fingerprint density at radius 2 is 0.286 bits per heavy atom. The Labute approximate surface area is 51.1 Å². The molecule has 0 aromatic carbocycles. The Bertz CT molecular complexity index is 4.14. The molecule has 0 saturated carbocycles. The second kappa shape index (κ2) is 2060. The third kappa shape index (κ3) is 1360. The molecule has 0 aliphatic carbocycles. The van der Waals surface area contributed by atoms with Crippen molar-refractivity contribution in [3.05, 3.63) is 0 Å². The van der Waals surface area contributed by atoms with Gasteiger partial charge in [-0.15, -0.1) is 0 Å². The summed E-state index contributed by atoms with van der Waals surface area (Å²) in [5, 5.41) is 0. The Morgan fingerprint density at radius 3 is 0.286 bits per heavy atom. The van der Waals surface area contributed by atoms with Crippen molar-refractivity contribution in [1.82, 2.24) is 0 Å². The lowest BCUT2D eigenvalue weighted by atomic mass is 16.0. The molecule has 0 saturated heterocycles. The predicted octanol–water partition coefficient (Wildman–Crippen LogP) is -5.33. The van der Waals surface area contributed by atoms with Gasteiger partial charge in [0.05, 0.1) is 0 Å². The second-order valence-corrected chi connectivity index (χ2v) is 0. The maximum atomic E-state index is 0. The molecule has 0 heterocycles. The Balaban J connectivity index is 0. The molecule has 0 bridgehead atoms. The zero-order chi connectivity index (χ0) is 0. The van der Waals surface area contributed by atoms with E-state index < -0.39 is 0 Å². The smallest absolute Gasteiger partial charge is 0 e. The molecule has 0 aromatic heterocycles. The molecule has 0 rings (SSSR count). The van der Waals surface area contributed by atoms with Crippen LogP contribution in [0.5, 0.6) is 0 Å². The lowest BCUT2D eigenvalue weighted by Crippen LogP contribution is -0.381. The molecule has 12 N–H and O–H groups in total. The molecule has 0 aromatic rings. The van der Waals surface area contributed by atoms with Crippen LogP contribution in [0.1, 0.15) is 0 Å². The lowest BCUT2D eigenvalue weighted by molar-refractivity contribution is 0.823. The molecule has 0 spiro atoms. The SMILES string of the molecule is O.O.O.O.O.O.[Al]. The van der Waals surface area contributed by atoms with E-state index in [1.807, 2.05) is 0 Å². The lowest BCUT2D eigenvalue weighted by Gasteiger charge is -0.413. The van der Waals surface area contributed by atoms with Crippen LogP contribution in [-0.4, -0.2) is 50.2 Å². The van der Waals surface area contributed by atoms with E-state index in [4.69, 9.17) is 0 Å². The van der Waals surface area contributed by atoms with Gasteiger partial charge < -0.3 is 32.9 Å². The van der Waals surface area contributed by atoms with Gasteiger partial charge in [0, 0.05) is 17.4 Å². The highest BCUT2D eigenvalue weighted by Gasteiger charge is 0.0000148. The van der Waals surface area contributed by atoms with Crippen LogP contribution in [0.3, 0.4) is 0 Å².